The van der Waals surface area contributed by atoms with Gasteiger partial charge >= 0.3 is 0 Å². The van der Waals surface area contributed by atoms with Gasteiger partial charge in [-0.1, -0.05) is 28.1 Å². The van der Waals surface area contributed by atoms with Crippen LogP contribution in [0.3, 0.4) is 0 Å². The minimum absolute atomic E-state index is 0.496. The van der Waals surface area contributed by atoms with Gasteiger partial charge < -0.3 is 4.74 Å². The summed E-state index contributed by atoms with van der Waals surface area (Å²) in [6.07, 6.45) is 4.37. The Labute approximate surface area is 111 Å². The van der Waals surface area contributed by atoms with Crippen LogP contribution in [0.1, 0.15) is 24.8 Å². The normalized spacial score (nSPS) is 29.2. The van der Waals surface area contributed by atoms with Crippen molar-refractivity contribution in [1.29, 1.82) is 0 Å². The number of rotatable bonds is 2. The zero-order chi connectivity index (χ0) is 11.7. The first-order valence-electron chi connectivity index (χ1n) is 6.43. The molecular formula is C14H18BrNO. The summed E-state index contributed by atoms with van der Waals surface area (Å²) in [6.45, 7) is 3.03. The first-order chi connectivity index (χ1) is 8.33. The maximum absolute atomic E-state index is 5.84. The summed E-state index contributed by atoms with van der Waals surface area (Å²) in [6, 6.07) is 9.29. The molecule has 0 radical (unpaired) electrons. The molecule has 3 rings (SSSR count). The van der Waals surface area contributed by atoms with Crippen molar-refractivity contribution in [2.24, 2.45) is 0 Å². The highest BCUT2D eigenvalue weighted by atomic mass is 79.9. The Hall–Kier alpha value is -0.380. The van der Waals surface area contributed by atoms with Crippen LogP contribution in [-0.2, 0) is 11.3 Å². The molecule has 0 amide bonds. The van der Waals surface area contributed by atoms with E-state index in [2.05, 4.69) is 45.1 Å². The average Bonchev–Trinajstić information content (AvgIpc) is 2.78. The number of benzene rings is 1. The summed E-state index contributed by atoms with van der Waals surface area (Å²) in [4.78, 5) is 2.60. The number of halogens is 1. The molecule has 0 bridgehead atoms. The van der Waals surface area contributed by atoms with Gasteiger partial charge in [0.05, 0.1) is 12.7 Å². The van der Waals surface area contributed by atoms with Crippen LogP contribution in [0, 0.1) is 0 Å². The van der Waals surface area contributed by atoms with E-state index in [4.69, 9.17) is 4.74 Å². The molecule has 2 unspecified atom stereocenters. The van der Waals surface area contributed by atoms with Gasteiger partial charge in [0, 0.05) is 23.6 Å². The van der Waals surface area contributed by atoms with Crippen molar-refractivity contribution in [1.82, 2.24) is 4.90 Å². The minimum atomic E-state index is 0.496. The van der Waals surface area contributed by atoms with Crippen molar-refractivity contribution in [2.75, 3.05) is 13.2 Å². The van der Waals surface area contributed by atoms with Crippen LogP contribution in [0.15, 0.2) is 28.7 Å². The molecule has 0 spiro atoms. The lowest BCUT2D eigenvalue weighted by Crippen LogP contribution is -2.47. The van der Waals surface area contributed by atoms with Crippen molar-refractivity contribution < 1.29 is 4.74 Å². The highest BCUT2D eigenvalue weighted by Gasteiger charge is 2.35. The van der Waals surface area contributed by atoms with Crippen LogP contribution in [0.2, 0.25) is 0 Å². The molecule has 17 heavy (non-hydrogen) atoms. The predicted octanol–water partition coefficient (Wildman–Crippen LogP) is 3.20. The first-order valence-corrected chi connectivity index (χ1v) is 7.22. The molecule has 1 aromatic rings. The molecule has 92 valence electrons. The molecule has 2 atom stereocenters. The van der Waals surface area contributed by atoms with Crippen LogP contribution in [0.4, 0.5) is 0 Å². The minimum Gasteiger partial charge on any atom is -0.375 e. The fraction of sp³-hybridized carbons (Fsp3) is 0.571. The lowest BCUT2D eigenvalue weighted by atomic mass is 10.1. The SMILES string of the molecule is Brc1cccc(CN2CCOC3CCCC32)c1. The third kappa shape index (κ3) is 2.56. The molecule has 1 aromatic carbocycles. The van der Waals surface area contributed by atoms with E-state index in [0.717, 1.165) is 19.7 Å². The smallest absolute Gasteiger partial charge is 0.0731 e. The average molecular weight is 296 g/mol. The van der Waals surface area contributed by atoms with Crippen LogP contribution in [0.5, 0.6) is 0 Å². The summed E-state index contributed by atoms with van der Waals surface area (Å²) in [5, 5.41) is 0. The zero-order valence-electron chi connectivity index (χ0n) is 9.94. The highest BCUT2D eigenvalue weighted by molar-refractivity contribution is 9.10. The van der Waals surface area contributed by atoms with E-state index in [1.54, 1.807) is 0 Å². The van der Waals surface area contributed by atoms with E-state index in [1.807, 2.05) is 0 Å². The molecule has 0 N–H and O–H groups in total. The molecule has 3 heteroatoms. The number of hydrogen-bond acceptors (Lipinski definition) is 2. The topological polar surface area (TPSA) is 12.5 Å². The van der Waals surface area contributed by atoms with Crippen LogP contribution in [0.25, 0.3) is 0 Å². The van der Waals surface area contributed by atoms with E-state index in [-0.39, 0.29) is 0 Å². The lowest BCUT2D eigenvalue weighted by molar-refractivity contribution is -0.0588. The standard InChI is InChI=1S/C14H18BrNO/c15-12-4-1-3-11(9-12)10-16-7-8-17-14-6-2-5-13(14)16/h1,3-4,9,13-14H,2,5-8,10H2. The third-order valence-corrected chi connectivity index (χ3v) is 4.37. The Kier molecular flexibility index (Phi) is 3.50. The molecular weight excluding hydrogens is 278 g/mol. The highest BCUT2D eigenvalue weighted by Crippen LogP contribution is 2.30. The van der Waals surface area contributed by atoms with Gasteiger partial charge in [-0.3, -0.25) is 4.90 Å². The number of hydrogen-bond donors (Lipinski definition) is 0. The van der Waals surface area contributed by atoms with E-state index in [0.29, 0.717) is 12.1 Å². The van der Waals surface area contributed by atoms with Crippen molar-refractivity contribution in [3.05, 3.63) is 34.3 Å². The van der Waals surface area contributed by atoms with E-state index >= 15 is 0 Å². The Morgan fingerprint density at radius 2 is 2.29 bits per heavy atom. The van der Waals surface area contributed by atoms with Gasteiger partial charge in [-0.05, 0) is 37.0 Å². The summed E-state index contributed by atoms with van der Waals surface area (Å²) >= 11 is 3.54. The van der Waals surface area contributed by atoms with Gasteiger partial charge in [0.2, 0.25) is 0 Å². The molecule has 1 saturated heterocycles. The monoisotopic (exact) mass is 295 g/mol. The number of morpholine rings is 1. The second kappa shape index (κ2) is 5.09. The summed E-state index contributed by atoms with van der Waals surface area (Å²) in [5.74, 6) is 0. The van der Waals surface area contributed by atoms with Gasteiger partial charge in [0.25, 0.3) is 0 Å². The summed E-state index contributed by atoms with van der Waals surface area (Å²) in [7, 11) is 0. The van der Waals surface area contributed by atoms with Gasteiger partial charge in [0.1, 0.15) is 0 Å². The summed E-state index contributed by atoms with van der Waals surface area (Å²) < 4.78 is 7.02. The Morgan fingerprint density at radius 1 is 1.35 bits per heavy atom. The molecule has 2 fully saturated rings. The van der Waals surface area contributed by atoms with Gasteiger partial charge in [0.15, 0.2) is 0 Å². The maximum atomic E-state index is 5.84. The maximum Gasteiger partial charge on any atom is 0.0731 e. The molecule has 1 aliphatic carbocycles. The number of fused-ring (bicyclic) bond motifs is 1. The van der Waals surface area contributed by atoms with E-state index in [1.165, 1.54) is 29.3 Å². The van der Waals surface area contributed by atoms with Crippen molar-refractivity contribution >= 4 is 15.9 Å². The van der Waals surface area contributed by atoms with Crippen molar-refractivity contribution in [3.63, 3.8) is 0 Å². The number of ether oxygens (including phenoxy) is 1. The second-order valence-corrected chi connectivity index (χ2v) is 5.92. The molecule has 1 saturated carbocycles. The zero-order valence-corrected chi connectivity index (χ0v) is 11.5. The van der Waals surface area contributed by atoms with Crippen LogP contribution < -0.4 is 0 Å². The van der Waals surface area contributed by atoms with Gasteiger partial charge in [-0.15, -0.1) is 0 Å². The van der Waals surface area contributed by atoms with E-state index < -0.39 is 0 Å². The second-order valence-electron chi connectivity index (χ2n) is 5.01. The van der Waals surface area contributed by atoms with Crippen molar-refractivity contribution in [2.45, 2.75) is 38.0 Å². The first kappa shape index (κ1) is 11.7. The van der Waals surface area contributed by atoms with Crippen LogP contribution in [-0.4, -0.2) is 30.2 Å². The third-order valence-electron chi connectivity index (χ3n) is 3.87. The molecule has 1 heterocycles. The predicted molar refractivity (Wildman–Crippen MR) is 71.9 cm³/mol. The summed E-state index contributed by atoms with van der Waals surface area (Å²) in [5.41, 5.74) is 1.40. The molecule has 1 aliphatic heterocycles. The van der Waals surface area contributed by atoms with Crippen LogP contribution >= 0.6 is 15.9 Å². The fourth-order valence-corrected chi connectivity index (χ4v) is 3.52. The molecule has 2 aliphatic rings. The van der Waals surface area contributed by atoms with Crippen molar-refractivity contribution in [3.8, 4) is 0 Å². The number of nitrogens with zero attached hydrogens (tertiary/aromatic N) is 1. The van der Waals surface area contributed by atoms with Gasteiger partial charge in [-0.2, -0.15) is 0 Å². The Balaban J connectivity index is 1.71. The Bertz CT molecular complexity index is 396. The molecule has 2 nitrogen and oxygen atoms in total. The fourth-order valence-electron chi connectivity index (χ4n) is 3.07. The largest absolute Gasteiger partial charge is 0.375 e. The molecule has 0 aromatic heterocycles. The quantitative estimate of drug-likeness (QED) is 0.831. The van der Waals surface area contributed by atoms with E-state index in [9.17, 15) is 0 Å². The Morgan fingerprint density at radius 3 is 3.18 bits per heavy atom. The van der Waals surface area contributed by atoms with Gasteiger partial charge in [-0.25, -0.2) is 0 Å². The lowest BCUT2D eigenvalue weighted by Gasteiger charge is -2.37.